The summed E-state index contributed by atoms with van der Waals surface area (Å²) in [7, 11) is 1.65. The minimum atomic E-state index is 0.596. The lowest BCUT2D eigenvalue weighted by molar-refractivity contribution is 0.372. The second-order valence-corrected chi connectivity index (χ2v) is 4.95. The first-order chi connectivity index (χ1) is 10.2. The van der Waals surface area contributed by atoms with Crippen LogP contribution in [0.4, 0.5) is 0 Å². The normalized spacial score (nSPS) is 10.5. The number of aryl methyl sites for hydroxylation is 2. The molecule has 1 heterocycles. The molecule has 2 rings (SSSR count). The zero-order chi connectivity index (χ0) is 15.2. The van der Waals surface area contributed by atoms with Crippen LogP contribution in [0.15, 0.2) is 30.5 Å². The molecule has 0 aliphatic carbocycles. The fourth-order valence-corrected chi connectivity index (χ4v) is 2.15. The minimum absolute atomic E-state index is 0.596. The first-order valence-corrected chi connectivity index (χ1v) is 7.18. The van der Waals surface area contributed by atoms with E-state index in [0.717, 1.165) is 29.7 Å². The summed E-state index contributed by atoms with van der Waals surface area (Å²) >= 11 is 0. The van der Waals surface area contributed by atoms with Crippen molar-refractivity contribution in [2.45, 2.75) is 26.7 Å². The number of benzene rings is 1. The fourth-order valence-electron chi connectivity index (χ4n) is 2.15. The highest BCUT2D eigenvalue weighted by molar-refractivity contribution is 5.45. The van der Waals surface area contributed by atoms with E-state index in [1.807, 2.05) is 31.3 Å². The molecule has 0 aliphatic rings. The SMILES string of the molecule is CCc1ccc(Oc2ncc(CCN)cc2C)c(OC)c1. The van der Waals surface area contributed by atoms with Crippen molar-refractivity contribution in [2.75, 3.05) is 13.7 Å². The highest BCUT2D eigenvalue weighted by atomic mass is 16.5. The van der Waals surface area contributed by atoms with Gasteiger partial charge in [0, 0.05) is 11.8 Å². The molecule has 0 saturated heterocycles. The lowest BCUT2D eigenvalue weighted by atomic mass is 10.1. The molecule has 0 saturated carbocycles. The summed E-state index contributed by atoms with van der Waals surface area (Å²) in [5, 5.41) is 0. The maximum Gasteiger partial charge on any atom is 0.222 e. The van der Waals surface area contributed by atoms with Gasteiger partial charge in [0.1, 0.15) is 0 Å². The van der Waals surface area contributed by atoms with Gasteiger partial charge >= 0.3 is 0 Å². The van der Waals surface area contributed by atoms with E-state index in [-0.39, 0.29) is 0 Å². The van der Waals surface area contributed by atoms with Gasteiger partial charge in [-0.05, 0) is 55.6 Å². The number of nitrogens with zero attached hydrogens (tertiary/aromatic N) is 1. The van der Waals surface area contributed by atoms with Crippen LogP contribution < -0.4 is 15.2 Å². The second kappa shape index (κ2) is 7.09. The largest absolute Gasteiger partial charge is 0.493 e. The molecule has 0 fully saturated rings. The molecule has 0 atom stereocenters. The molecule has 21 heavy (non-hydrogen) atoms. The Morgan fingerprint density at radius 1 is 1.14 bits per heavy atom. The maximum atomic E-state index is 5.90. The Bertz CT molecular complexity index is 612. The van der Waals surface area contributed by atoms with E-state index >= 15 is 0 Å². The van der Waals surface area contributed by atoms with Crippen molar-refractivity contribution >= 4 is 0 Å². The van der Waals surface area contributed by atoms with Gasteiger partial charge in [0.25, 0.3) is 0 Å². The van der Waals surface area contributed by atoms with Crippen LogP contribution in [0, 0.1) is 6.92 Å². The van der Waals surface area contributed by atoms with Gasteiger partial charge in [0.15, 0.2) is 11.5 Å². The van der Waals surface area contributed by atoms with Crippen molar-refractivity contribution < 1.29 is 9.47 Å². The number of aromatic nitrogens is 1. The van der Waals surface area contributed by atoms with Crippen LogP contribution in [-0.2, 0) is 12.8 Å². The van der Waals surface area contributed by atoms with E-state index in [2.05, 4.69) is 18.0 Å². The lowest BCUT2D eigenvalue weighted by Gasteiger charge is -2.13. The molecule has 4 nitrogen and oxygen atoms in total. The number of methoxy groups -OCH3 is 1. The maximum absolute atomic E-state index is 5.90. The number of hydrogen-bond acceptors (Lipinski definition) is 4. The molecular formula is C17H22N2O2. The molecule has 112 valence electrons. The van der Waals surface area contributed by atoms with E-state index in [9.17, 15) is 0 Å². The average Bonchev–Trinajstić information content (AvgIpc) is 2.50. The van der Waals surface area contributed by atoms with Gasteiger partial charge in [-0.25, -0.2) is 4.98 Å². The first kappa shape index (κ1) is 15.3. The molecule has 0 bridgehead atoms. The summed E-state index contributed by atoms with van der Waals surface area (Å²) in [5.74, 6) is 2.00. The van der Waals surface area contributed by atoms with Crippen molar-refractivity contribution in [1.82, 2.24) is 4.98 Å². The molecule has 2 aromatic rings. The minimum Gasteiger partial charge on any atom is -0.493 e. The molecule has 0 unspecified atom stereocenters. The molecule has 0 spiro atoms. The summed E-state index contributed by atoms with van der Waals surface area (Å²) in [4.78, 5) is 4.38. The van der Waals surface area contributed by atoms with Gasteiger partial charge in [0.05, 0.1) is 7.11 Å². The van der Waals surface area contributed by atoms with Gasteiger partial charge in [-0.2, -0.15) is 0 Å². The van der Waals surface area contributed by atoms with Crippen LogP contribution in [0.3, 0.4) is 0 Å². The van der Waals surface area contributed by atoms with E-state index in [4.69, 9.17) is 15.2 Å². The number of pyridine rings is 1. The standard InChI is InChI=1S/C17H22N2O2/c1-4-13-5-6-15(16(10-13)20-3)21-17-12(2)9-14(7-8-18)11-19-17/h5-6,9-11H,4,7-8,18H2,1-3H3. The third kappa shape index (κ3) is 3.73. The monoisotopic (exact) mass is 286 g/mol. The topological polar surface area (TPSA) is 57.4 Å². The Morgan fingerprint density at radius 2 is 1.95 bits per heavy atom. The predicted molar refractivity (Wildman–Crippen MR) is 84.2 cm³/mol. The molecule has 0 radical (unpaired) electrons. The molecule has 4 heteroatoms. The molecule has 0 amide bonds. The van der Waals surface area contributed by atoms with Gasteiger partial charge in [0.2, 0.25) is 5.88 Å². The van der Waals surface area contributed by atoms with E-state index in [1.165, 1.54) is 5.56 Å². The second-order valence-electron chi connectivity index (χ2n) is 4.95. The van der Waals surface area contributed by atoms with Crippen molar-refractivity contribution in [2.24, 2.45) is 5.73 Å². The predicted octanol–water partition coefficient (Wildman–Crippen LogP) is 3.25. The van der Waals surface area contributed by atoms with Crippen molar-refractivity contribution in [1.29, 1.82) is 0 Å². The number of ether oxygens (including phenoxy) is 2. The van der Waals surface area contributed by atoms with E-state index < -0.39 is 0 Å². The number of nitrogens with two attached hydrogens (primary N) is 1. The quantitative estimate of drug-likeness (QED) is 0.885. The molecule has 1 aromatic heterocycles. The van der Waals surface area contributed by atoms with E-state index in [1.54, 1.807) is 7.11 Å². The summed E-state index contributed by atoms with van der Waals surface area (Å²) in [6.45, 7) is 4.71. The number of rotatable bonds is 6. The average molecular weight is 286 g/mol. The Hall–Kier alpha value is -2.07. The third-order valence-electron chi connectivity index (χ3n) is 3.36. The Balaban J connectivity index is 2.25. The zero-order valence-corrected chi connectivity index (χ0v) is 12.8. The Kier molecular flexibility index (Phi) is 5.17. The number of hydrogen-bond donors (Lipinski definition) is 1. The van der Waals surface area contributed by atoms with Crippen LogP contribution in [0.5, 0.6) is 17.4 Å². The molecule has 0 aliphatic heterocycles. The van der Waals surface area contributed by atoms with Crippen molar-refractivity contribution in [3.63, 3.8) is 0 Å². The van der Waals surface area contributed by atoms with Crippen LogP contribution in [-0.4, -0.2) is 18.6 Å². The first-order valence-electron chi connectivity index (χ1n) is 7.18. The Morgan fingerprint density at radius 3 is 2.57 bits per heavy atom. The summed E-state index contributed by atoms with van der Waals surface area (Å²) < 4.78 is 11.3. The van der Waals surface area contributed by atoms with Gasteiger partial charge in [-0.1, -0.05) is 13.0 Å². The van der Waals surface area contributed by atoms with Gasteiger partial charge in [-0.15, -0.1) is 0 Å². The van der Waals surface area contributed by atoms with Crippen LogP contribution >= 0.6 is 0 Å². The molecule has 1 aromatic carbocycles. The van der Waals surface area contributed by atoms with Crippen LogP contribution in [0.1, 0.15) is 23.6 Å². The lowest BCUT2D eigenvalue weighted by Crippen LogP contribution is -2.04. The van der Waals surface area contributed by atoms with Crippen LogP contribution in [0.2, 0.25) is 0 Å². The van der Waals surface area contributed by atoms with Crippen molar-refractivity contribution in [3.8, 4) is 17.4 Å². The van der Waals surface area contributed by atoms with Crippen LogP contribution in [0.25, 0.3) is 0 Å². The summed E-state index contributed by atoms with van der Waals surface area (Å²) in [6.07, 6.45) is 3.59. The Labute approximate surface area is 125 Å². The van der Waals surface area contributed by atoms with Crippen molar-refractivity contribution in [3.05, 3.63) is 47.2 Å². The fraction of sp³-hybridized carbons (Fsp3) is 0.353. The highest BCUT2D eigenvalue weighted by Crippen LogP contribution is 2.33. The van der Waals surface area contributed by atoms with Gasteiger partial charge < -0.3 is 15.2 Å². The summed E-state index contributed by atoms with van der Waals surface area (Å²) in [6, 6.07) is 8.01. The van der Waals surface area contributed by atoms with E-state index in [0.29, 0.717) is 18.2 Å². The third-order valence-corrected chi connectivity index (χ3v) is 3.36. The zero-order valence-electron chi connectivity index (χ0n) is 12.8. The summed E-state index contributed by atoms with van der Waals surface area (Å²) in [5.41, 5.74) is 8.88. The highest BCUT2D eigenvalue weighted by Gasteiger charge is 2.10. The smallest absolute Gasteiger partial charge is 0.222 e. The van der Waals surface area contributed by atoms with Gasteiger partial charge in [-0.3, -0.25) is 0 Å². The molecule has 2 N–H and O–H groups in total. The molecular weight excluding hydrogens is 264 g/mol.